The fraction of sp³-hybridized carbons (Fsp3) is 0.400. The highest BCUT2D eigenvalue weighted by Crippen LogP contribution is 2.28. The minimum atomic E-state index is -0.690. The van der Waals surface area contributed by atoms with E-state index in [0.29, 0.717) is 65.1 Å². The van der Waals surface area contributed by atoms with Gasteiger partial charge in [0, 0.05) is 50.3 Å². The number of hydrogen-bond donors (Lipinski definition) is 3. The summed E-state index contributed by atoms with van der Waals surface area (Å²) >= 11 is 1.35. The number of ether oxygens (including phenoxy) is 1. The summed E-state index contributed by atoms with van der Waals surface area (Å²) in [6.45, 7) is 5.80. The number of esters is 1. The molecule has 4 N–H and O–H groups in total. The van der Waals surface area contributed by atoms with Crippen LogP contribution in [0.15, 0.2) is 46.1 Å². The van der Waals surface area contributed by atoms with E-state index in [-0.39, 0.29) is 6.61 Å². The van der Waals surface area contributed by atoms with Crippen molar-refractivity contribution in [2.24, 2.45) is 5.16 Å². The number of aromatic nitrogens is 1. The molecule has 1 atom stereocenters. The maximum absolute atomic E-state index is 13.0. The van der Waals surface area contributed by atoms with Crippen LogP contribution in [0.25, 0.3) is 0 Å². The maximum Gasteiger partial charge on any atom is 0.338 e. The Bertz CT molecular complexity index is 1260. The number of nitrogens with one attached hydrogen (secondary N) is 2. The zero-order valence-corrected chi connectivity index (χ0v) is 22.1. The van der Waals surface area contributed by atoms with Gasteiger partial charge in [0.1, 0.15) is 18.5 Å². The Kier molecular flexibility index (Phi) is 8.90. The van der Waals surface area contributed by atoms with Crippen molar-refractivity contribution < 1.29 is 19.2 Å². The number of nitrogens with two attached hydrogens (primary N) is 1. The van der Waals surface area contributed by atoms with E-state index in [1.807, 2.05) is 5.38 Å². The smallest absolute Gasteiger partial charge is 0.338 e. The molecule has 0 saturated carbocycles. The number of anilines is 1. The Morgan fingerprint density at radius 3 is 2.58 bits per heavy atom. The average molecular weight is 539 g/mol. The lowest BCUT2D eigenvalue weighted by Gasteiger charge is -2.37. The molecular formula is C25H30N8O4S. The molecule has 12 nitrogen and oxygen atoms in total. The summed E-state index contributed by atoms with van der Waals surface area (Å²) in [6.07, 6.45) is 0. The molecule has 1 unspecified atom stereocenters. The van der Waals surface area contributed by atoms with Gasteiger partial charge in [0.2, 0.25) is 0 Å². The minimum Gasteiger partial charge on any atom is -0.463 e. The zero-order valence-electron chi connectivity index (χ0n) is 21.3. The predicted molar refractivity (Wildman–Crippen MR) is 142 cm³/mol. The molecule has 1 aromatic heterocycles. The average Bonchev–Trinajstić information content (AvgIpc) is 3.35. The summed E-state index contributed by atoms with van der Waals surface area (Å²) in [6, 6.07) is 7.78. The molecule has 200 valence electrons. The number of carbonyl (C=O) groups excluding carboxylic acids is 2. The third-order valence-electron chi connectivity index (χ3n) is 6.26. The lowest BCUT2D eigenvalue weighted by molar-refractivity contribution is -0.139. The monoisotopic (exact) mass is 538 g/mol. The van der Waals surface area contributed by atoms with Crippen LogP contribution in [-0.2, 0) is 14.4 Å². The number of nitriles is 1. The first-order valence-electron chi connectivity index (χ1n) is 12.2. The van der Waals surface area contributed by atoms with Crippen LogP contribution in [0.4, 0.5) is 9.93 Å². The molecular weight excluding hydrogens is 508 g/mol. The topological polar surface area (TPSA) is 158 Å². The number of nitrogens with zero attached hydrogens (tertiary/aromatic N) is 5. The predicted octanol–water partition coefficient (Wildman–Crippen LogP) is 1.44. The number of rotatable bonds is 9. The molecule has 0 aliphatic carbocycles. The Hall–Kier alpha value is -3.99. The normalized spacial score (nSPS) is 18.9. The van der Waals surface area contributed by atoms with E-state index in [4.69, 9.17) is 20.6 Å². The van der Waals surface area contributed by atoms with Crippen molar-refractivity contribution in [3.05, 3.63) is 57.7 Å². The molecule has 13 heteroatoms. The van der Waals surface area contributed by atoms with Gasteiger partial charge in [-0.25, -0.2) is 14.6 Å². The minimum absolute atomic E-state index is 0.207. The number of nitrogen functional groups attached to an aromatic ring is 1. The standard InChI is InChI=1S/C25H30N8O4S/c1-3-37-23(34)21-19(29-25(35)30-22(21)17-6-4-16(12-26)5-7-17)14-33-10-8-32(9-11-33)13-18(31-36-2)20-15-38-24(27)28-20/h4-7,15,22H,3,8-11,13-14H2,1-2H3,(H2,27,28)(H2,29,30,35)/b31-18-. The fourth-order valence-electron chi connectivity index (χ4n) is 4.42. The first-order chi connectivity index (χ1) is 18.4. The van der Waals surface area contributed by atoms with Gasteiger partial charge < -0.3 is 25.9 Å². The van der Waals surface area contributed by atoms with Crippen LogP contribution in [-0.4, -0.2) is 85.5 Å². The highest BCUT2D eigenvalue weighted by Gasteiger charge is 2.34. The number of oxime groups is 1. The number of hydrogen-bond acceptors (Lipinski definition) is 11. The summed E-state index contributed by atoms with van der Waals surface area (Å²) < 4.78 is 5.35. The highest BCUT2D eigenvalue weighted by molar-refractivity contribution is 7.13. The van der Waals surface area contributed by atoms with Gasteiger partial charge in [-0.05, 0) is 24.6 Å². The lowest BCUT2D eigenvalue weighted by atomic mass is 9.94. The summed E-state index contributed by atoms with van der Waals surface area (Å²) in [5.41, 5.74) is 9.24. The van der Waals surface area contributed by atoms with Gasteiger partial charge in [0.15, 0.2) is 5.13 Å². The van der Waals surface area contributed by atoms with Crippen LogP contribution in [0.5, 0.6) is 0 Å². The van der Waals surface area contributed by atoms with Gasteiger partial charge >= 0.3 is 12.0 Å². The first-order valence-corrected chi connectivity index (χ1v) is 13.0. The van der Waals surface area contributed by atoms with Gasteiger partial charge in [-0.2, -0.15) is 5.26 Å². The van der Waals surface area contributed by atoms with Gasteiger partial charge in [-0.1, -0.05) is 17.3 Å². The number of benzene rings is 1. The molecule has 1 fully saturated rings. The van der Waals surface area contributed by atoms with E-state index >= 15 is 0 Å². The summed E-state index contributed by atoms with van der Waals surface area (Å²) in [5.74, 6) is -0.494. The first kappa shape index (κ1) is 27.1. The van der Waals surface area contributed by atoms with Crippen LogP contribution in [0.2, 0.25) is 0 Å². The van der Waals surface area contributed by atoms with Crippen molar-refractivity contribution in [3.63, 3.8) is 0 Å². The van der Waals surface area contributed by atoms with Crippen molar-refractivity contribution in [1.29, 1.82) is 5.26 Å². The van der Waals surface area contributed by atoms with E-state index < -0.39 is 18.0 Å². The van der Waals surface area contributed by atoms with Gasteiger partial charge in [-0.3, -0.25) is 9.80 Å². The SMILES string of the molecule is CCOC(=O)C1=C(CN2CCN(C/C(=N/OC)c3csc(N)n3)CC2)NC(=O)NC1c1ccc(C#N)cc1. The Morgan fingerprint density at radius 2 is 1.97 bits per heavy atom. The lowest BCUT2D eigenvalue weighted by Crippen LogP contribution is -2.52. The van der Waals surface area contributed by atoms with Gasteiger partial charge in [0.05, 0.1) is 29.9 Å². The van der Waals surface area contributed by atoms with Crippen molar-refractivity contribution in [2.75, 3.05) is 58.7 Å². The van der Waals surface area contributed by atoms with Crippen LogP contribution < -0.4 is 16.4 Å². The number of thiazole rings is 1. The van der Waals surface area contributed by atoms with Crippen LogP contribution in [0.1, 0.15) is 29.8 Å². The summed E-state index contributed by atoms with van der Waals surface area (Å²) in [4.78, 5) is 39.4. The largest absolute Gasteiger partial charge is 0.463 e. The Morgan fingerprint density at radius 1 is 1.26 bits per heavy atom. The third-order valence-corrected chi connectivity index (χ3v) is 6.94. The van der Waals surface area contributed by atoms with Crippen molar-refractivity contribution in [2.45, 2.75) is 13.0 Å². The molecule has 2 aliphatic heterocycles. The number of amides is 2. The van der Waals surface area contributed by atoms with E-state index in [9.17, 15) is 9.59 Å². The second-order valence-corrected chi connectivity index (χ2v) is 9.61. The van der Waals surface area contributed by atoms with Crippen molar-refractivity contribution >= 4 is 34.2 Å². The maximum atomic E-state index is 13.0. The highest BCUT2D eigenvalue weighted by atomic mass is 32.1. The molecule has 0 bridgehead atoms. The van der Waals surface area contributed by atoms with E-state index in [0.717, 1.165) is 13.1 Å². The molecule has 2 aliphatic rings. The van der Waals surface area contributed by atoms with Crippen LogP contribution in [0, 0.1) is 11.3 Å². The molecule has 0 radical (unpaired) electrons. The molecule has 2 aromatic rings. The Balaban J connectivity index is 1.49. The van der Waals surface area contributed by atoms with Gasteiger partial charge in [0.25, 0.3) is 0 Å². The number of carbonyl (C=O) groups is 2. The molecule has 3 heterocycles. The number of urea groups is 1. The quantitative estimate of drug-likeness (QED) is 0.244. The van der Waals surface area contributed by atoms with Crippen LogP contribution >= 0.6 is 11.3 Å². The van der Waals surface area contributed by atoms with Gasteiger partial charge in [-0.15, -0.1) is 11.3 Å². The molecule has 38 heavy (non-hydrogen) atoms. The second kappa shape index (κ2) is 12.5. The van der Waals surface area contributed by atoms with E-state index in [2.05, 4.69) is 36.6 Å². The van der Waals surface area contributed by atoms with Crippen molar-refractivity contribution in [1.82, 2.24) is 25.4 Å². The number of piperazine rings is 1. The summed E-state index contributed by atoms with van der Waals surface area (Å²) in [5, 5.41) is 21.2. The third kappa shape index (κ3) is 6.46. The molecule has 2 amide bonds. The van der Waals surface area contributed by atoms with Crippen molar-refractivity contribution in [3.8, 4) is 6.07 Å². The van der Waals surface area contributed by atoms with Crippen LogP contribution in [0.3, 0.4) is 0 Å². The zero-order chi connectivity index (χ0) is 27.1. The molecule has 1 saturated heterocycles. The van der Waals surface area contributed by atoms with E-state index in [1.54, 1.807) is 31.2 Å². The molecule has 0 spiro atoms. The second-order valence-electron chi connectivity index (χ2n) is 8.72. The summed E-state index contributed by atoms with van der Waals surface area (Å²) in [7, 11) is 1.50. The van der Waals surface area contributed by atoms with E-state index in [1.165, 1.54) is 18.4 Å². The fourth-order valence-corrected chi connectivity index (χ4v) is 4.99. The molecule has 4 rings (SSSR count). The molecule has 1 aromatic carbocycles. The Labute approximate surface area is 224 Å².